The van der Waals surface area contributed by atoms with E-state index in [1.165, 1.54) is 13.0 Å². The van der Waals surface area contributed by atoms with Gasteiger partial charge in [-0.3, -0.25) is 9.69 Å². The number of hydrogen-bond donors (Lipinski definition) is 2. The van der Waals surface area contributed by atoms with E-state index in [0.717, 1.165) is 18.2 Å². The highest BCUT2D eigenvalue weighted by molar-refractivity contribution is 7.13. The van der Waals surface area contributed by atoms with Crippen LogP contribution in [0.3, 0.4) is 0 Å². The Morgan fingerprint density at radius 3 is 2.48 bits per heavy atom. The molecule has 13 heteroatoms. The molecule has 0 bridgehead atoms. The van der Waals surface area contributed by atoms with Gasteiger partial charge in [-0.1, -0.05) is 12.1 Å². The molecule has 2 atom stereocenters. The summed E-state index contributed by atoms with van der Waals surface area (Å²) in [5.41, 5.74) is -2.32. The first-order chi connectivity index (χ1) is 15.4. The molecule has 2 heterocycles. The second-order valence-electron chi connectivity index (χ2n) is 7.47. The number of carbonyl (C=O) groups is 1. The predicted molar refractivity (Wildman–Crippen MR) is 107 cm³/mol. The summed E-state index contributed by atoms with van der Waals surface area (Å²) in [6.45, 7) is 3.23. The first kappa shape index (κ1) is 25.4. The third-order valence-electron chi connectivity index (χ3n) is 5.00. The van der Waals surface area contributed by atoms with Crippen molar-refractivity contribution >= 4 is 17.2 Å². The molecule has 1 aromatic heterocycles. The minimum Gasteiger partial charge on any atom is -0.385 e. The van der Waals surface area contributed by atoms with Crippen LogP contribution in [0.2, 0.25) is 0 Å². The Balaban J connectivity index is 1.80. The first-order valence-electron chi connectivity index (χ1n) is 9.90. The number of β-amino-alcohol motifs (C(OH)–C–C–N with tert-alkyl or cyclic N) is 1. The molecule has 33 heavy (non-hydrogen) atoms. The fourth-order valence-electron chi connectivity index (χ4n) is 3.26. The van der Waals surface area contributed by atoms with Crippen molar-refractivity contribution in [2.45, 2.75) is 31.4 Å². The SMILES string of the molecule is CC(NC(=O)c1sc(C(O)CN2CCOCC2)nc1C(F)(F)F)c1cccc(C(F)(F)F)c1. The molecule has 1 amide bonds. The molecule has 1 saturated heterocycles. The smallest absolute Gasteiger partial charge is 0.385 e. The number of amides is 1. The Hall–Kier alpha value is -2.22. The number of nitrogens with one attached hydrogen (secondary N) is 1. The van der Waals surface area contributed by atoms with Gasteiger partial charge in [0.25, 0.3) is 5.91 Å². The Morgan fingerprint density at radius 1 is 1.21 bits per heavy atom. The van der Waals surface area contributed by atoms with Crippen molar-refractivity contribution < 1.29 is 41.0 Å². The van der Waals surface area contributed by atoms with E-state index in [1.807, 2.05) is 0 Å². The number of alkyl halides is 6. The molecule has 2 unspecified atom stereocenters. The number of ether oxygens (including phenoxy) is 1. The van der Waals surface area contributed by atoms with Crippen LogP contribution in [0.15, 0.2) is 24.3 Å². The highest BCUT2D eigenvalue weighted by atomic mass is 32.1. The fraction of sp³-hybridized carbons (Fsp3) is 0.500. The van der Waals surface area contributed by atoms with Gasteiger partial charge in [0.15, 0.2) is 5.69 Å². The first-order valence-corrected chi connectivity index (χ1v) is 10.7. The van der Waals surface area contributed by atoms with Gasteiger partial charge in [-0.05, 0) is 24.6 Å². The van der Waals surface area contributed by atoms with Crippen LogP contribution in [0.1, 0.15) is 50.6 Å². The summed E-state index contributed by atoms with van der Waals surface area (Å²) in [5, 5.41) is 12.4. The molecule has 1 aliphatic heterocycles. The molecule has 1 aromatic carbocycles. The van der Waals surface area contributed by atoms with Gasteiger partial charge in [-0.15, -0.1) is 11.3 Å². The summed E-state index contributed by atoms with van der Waals surface area (Å²) in [7, 11) is 0. The van der Waals surface area contributed by atoms with E-state index in [9.17, 15) is 36.2 Å². The van der Waals surface area contributed by atoms with Crippen molar-refractivity contribution in [1.29, 1.82) is 0 Å². The van der Waals surface area contributed by atoms with Gasteiger partial charge in [-0.25, -0.2) is 4.98 Å². The summed E-state index contributed by atoms with van der Waals surface area (Å²) in [5.74, 6) is -1.14. The molecular formula is C20H21F6N3O3S. The van der Waals surface area contributed by atoms with Gasteiger partial charge < -0.3 is 15.2 Å². The topological polar surface area (TPSA) is 74.7 Å². The van der Waals surface area contributed by atoms with Gasteiger partial charge in [-0.2, -0.15) is 26.3 Å². The minimum absolute atomic E-state index is 0.0237. The van der Waals surface area contributed by atoms with Crippen molar-refractivity contribution in [2.24, 2.45) is 0 Å². The average molecular weight is 497 g/mol. The van der Waals surface area contributed by atoms with E-state index >= 15 is 0 Å². The predicted octanol–water partition coefficient (Wildman–Crippen LogP) is 4.04. The number of thiazole rings is 1. The zero-order valence-corrected chi connectivity index (χ0v) is 18.2. The third kappa shape index (κ3) is 6.43. The van der Waals surface area contributed by atoms with Crippen LogP contribution in [0.4, 0.5) is 26.3 Å². The van der Waals surface area contributed by atoms with Gasteiger partial charge in [0.1, 0.15) is 16.0 Å². The largest absolute Gasteiger partial charge is 0.435 e. The molecule has 182 valence electrons. The van der Waals surface area contributed by atoms with Crippen LogP contribution < -0.4 is 5.32 Å². The van der Waals surface area contributed by atoms with E-state index in [1.54, 1.807) is 4.90 Å². The zero-order valence-electron chi connectivity index (χ0n) is 17.3. The number of nitrogens with zero attached hydrogens (tertiary/aromatic N) is 2. The molecule has 2 N–H and O–H groups in total. The molecule has 1 fully saturated rings. The number of hydrogen-bond acceptors (Lipinski definition) is 6. The van der Waals surface area contributed by atoms with E-state index in [0.29, 0.717) is 37.6 Å². The number of benzene rings is 1. The summed E-state index contributed by atoms with van der Waals surface area (Å²) >= 11 is 0.405. The molecule has 3 rings (SSSR count). The van der Waals surface area contributed by atoms with Crippen molar-refractivity contribution in [1.82, 2.24) is 15.2 Å². The Kier molecular flexibility index (Phi) is 7.66. The lowest BCUT2D eigenvalue weighted by atomic mass is 10.0. The van der Waals surface area contributed by atoms with Gasteiger partial charge in [0.05, 0.1) is 24.8 Å². The monoisotopic (exact) mass is 497 g/mol. The Labute approximate surface area is 189 Å². The van der Waals surface area contributed by atoms with Crippen molar-refractivity contribution in [3.8, 4) is 0 Å². The van der Waals surface area contributed by atoms with Crippen LogP contribution in [0, 0.1) is 0 Å². The normalized spacial score (nSPS) is 17.6. The van der Waals surface area contributed by atoms with Crippen molar-refractivity contribution in [3.63, 3.8) is 0 Å². The van der Waals surface area contributed by atoms with Gasteiger partial charge >= 0.3 is 12.4 Å². The van der Waals surface area contributed by atoms with Crippen LogP contribution in [0.25, 0.3) is 0 Å². The van der Waals surface area contributed by atoms with Gasteiger partial charge in [0, 0.05) is 19.6 Å². The molecular weight excluding hydrogens is 476 g/mol. The molecule has 6 nitrogen and oxygen atoms in total. The quantitative estimate of drug-likeness (QED) is 0.590. The number of aliphatic hydroxyl groups excluding tert-OH is 1. The van der Waals surface area contributed by atoms with E-state index < -0.39 is 46.5 Å². The third-order valence-corrected chi connectivity index (χ3v) is 6.16. The summed E-state index contributed by atoms with van der Waals surface area (Å²) < 4.78 is 84.6. The van der Waals surface area contributed by atoms with Crippen LogP contribution in [-0.2, 0) is 17.1 Å². The van der Waals surface area contributed by atoms with E-state index in [2.05, 4.69) is 10.3 Å². The molecule has 0 spiro atoms. The number of morpholine rings is 1. The second kappa shape index (κ2) is 9.95. The molecule has 2 aromatic rings. The number of aliphatic hydroxyl groups is 1. The molecule has 1 aliphatic rings. The van der Waals surface area contributed by atoms with Crippen LogP contribution in [-0.4, -0.2) is 53.7 Å². The fourth-order valence-corrected chi connectivity index (χ4v) is 4.23. The van der Waals surface area contributed by atoms with Crippen LogP contribution >= 0.6 is 11.3 Å². The zero-order chi connectivity index (χ0) is 24.4. The molecule has 0 aliphatic carbocycles. The van der Waals surface area contributed by atoms with Crippen molar-refractivity contribution in [3.05, 3.63) is 51.0 Å². The van der Waals surface area contributed by atoms with Crippen molar-refractivity contribution in [2.75, 3.05) is 32.8 Å². The second-order valence-corrected chi connectivity index (χ2v) is 8.51. The molecule has 0 radical (unpaired) electrons. The van der Waals surface area contributed by atoms with Crippen LogP contribution in [0.5, 0.6) is 0 Å². The number of halogens is 6. The lowest BCUT2D eigenvalue weighted by Gasteiger charge is -2.27. The lowest BCUT2D eigenvalue weighted by molar-refractivity contribution is -0.141. The maximum absolute atomic E-state index is 13.5. The maximum atomic E-state index is 13.5. The Morgan fingerprint density at radius 2 is 1.88 bits per heavy atom. The molecule has 0 saturated carbocycles. The summed E-state index contributed by atoms with van der Waals surface area (Å²) in [4.78, 5) is 17.1. The average Bonchev–Trinajstić information content (AvgIpc) is 3.20. The summed E-state index contributed by atoms with van der Waals surface area (Å²) in [6.07, 6.45) is -10.9. The highest BCUT2D eigenvalue weighted by Crippen LogP contribution is 2.37. The van der Waals surface area contributed by atoms with Gasteiger partial charge in [0.2, 0.25) is 0 Å². The lowest BCUT2D eigenvalue weighted by Crippen LogP contribution is -2.38. The number of aromatic nitrogens is 1. The maximum Gasteiger partial charge on any atom is 0.435 e. The minimum atomic E-state index is -4.96. The standard InChI is InChI=1S/C20H21F6N3O3S/c1-11(12-3-2-4-13(9-12)19(21,22)23)27-17(31)15-16(20(24,25)26)28-18(33-15)14(30)10-29-5-7-32-8-6-29/h2-4,9,11,14,30H,5-8,10H2,1H3,(H,27,31). The van der Waals surface area contributed by atoms with E-state index in [4.69, 9.17) is 4.74 Å². The number of carbonyl (C=O) groups excluding carboxylic acids is 1. The highest BCUT2D eigenvalue weighted by Gasteiger charge is 2.41. The summed E-state index contributed by atoms with van der Waals surface area (Å²) in [6, 6.07) is 3.14. The Bertz CT molecular complexity index is 973. The number of rotatable bonds is 6. The van der Waals surface area contributed by atoms with E-state index in [-0.39, 0.29) is 17.1 Å².